The van der Waals surface area contributed by atoms with E-state index in [2.05, 4.69) is 19.2 Å². The van der Waals surface area contributed by atoms with Gasteiger partial charge in [0.05, 0.1) is 5.60 Å². The Morgan fingerprint density at radius 1 is 0.833 bits per heavy atom. The highest BCUT2D eigenvalue weighted by atomic mass is 16.3. The van der Waals surface area contributed by atoms with Crippen LogP contribution in [0.2, 0.25) is 0 Å². The molecule has 0 heterocycles. The van der Waals surface area contributed by atoms with Crippen LogP contribution in [0.1, 0.15) is 85.0 Å². The maximum absolute atomic E-state index is 10.2. The number of aliphatic hydroxyl groups is 1. The molecule has 1 atom stereocenters. The molecule has 0 aromatic heterocycles. The zero-order valence-electron chi connectivity index (χ0n) is 12.9. The van der Waals surface area contributed by atoms with Crippen LogP contribution in [0.3, 0.4) is 0 Å². The Bertz CT molecular complexity index is 168. The first kappa shape index (κ1) is 17.9. The molecule has 2 nitrogen and oxygen atoms in total. The number of hydrogen-bond acceptors (Lipinski definition) is 2. The molecule has 0 aromatic carbocycles. The van der Waals surface area contributed by atoms with Crippen molar-refractivity contribution in [2.45, 2.75) is 90.6 Å². The van der Waals surface area contributed by atoms with Crippen molar-refractivity contribution in [2.24, 2.45) is 0 Å². The molecule has 0 aliphatic rings. The monoisotopic (exact) mass is 257 g/mol. The van der Waals surface area contributed by atoms with E-state index in [1.807, 2.05) is 6.92 Å². The van der Waals surface area contributed by atoms with E-state index in [1.165, 1.54) is 51.4 Å². The minimum Gasteiger partial charge on any atom is -0.390 e. The SMILES string of the molecule is CCCCCCCCCCC(C)(O)CCNCC. The quantitative estimate of drug-likeness (QED) is 0.483. The Kier molecular flexibility index (Phi) is 11.9. The maximum Gasteiger partial charge on any atom is 0.0631 e. The van der Waals surface area contributed by atoms with Crippen LogP contribution in [0.25, 0.3) is 0 Å². The van der Waals surface area contributed by atoms with E-state index in [0.717, 1.165) is 25.9 Å². The summed E-state index contributed by atoms with van der Waals surface area (Å²) >= 11 is 0. The minimum atomic E-state index is -0.468. The van der Waals surface area contributed by atoms with Gasteiger partial charge >= 0.3 is 0 Å². The second kappa shape index (κ2) is 12.0. The minimum absolute atomic E-state index is 0.468. The first-order valence-electron chi connectivity index (χ1n) is 8.05. The van der Waals surface area contributed by atoms with Gasteiger partial charge in [-0.3, -0.25) is 0 Å². The van der Waals surface area contributed by atoms with Gasteiger partial charge in [-0.2, -0.15) is 0 Å². The van der Waals surface area contributed by atoms with Crippen molar-refractivity contribution in [2.75, 3.05) is 13.1 Å². The first-order chi connectivity index (χ1) is 8.62. The van der Waals surface area contributed by atoms with Crippen LogP contribution < -0.4 is 5.32 Å². The highest BCUT2D eigenvalue weighted by molar-refractivity contribution is 4.73. The van der Waals surface area contributed by atoms with Crippen LogP contribution in [-0.2, 0) is 0 Å². The largest absolute Gasteiger partial charge is 0.390 e. The molecular formula is C16H35NO. The molecule has 2 N–H and O–H groups in total. The summed E-state index contributed by atoms with van der Waals surface area (Å²) in [6.07, 6.45) is 12.5. The lowest BCUT2D eigenvalue weighted by atomic mass is 9.94. The van der Waals surface area contributed by atoms with E-state index in [9.17, 15) is 5.11 Å². The number of nitrogens with one attached hydrogen (secondary N) is 1. The number of unbranched alkanes of at least 4 members (excludes halogenated alkanes) is 7. The summed E-state index contributed by atoms with van der Waals surface area (Å²) in [7, 11) is 0. The summed E-state index contributed by atoms with van der Waals surface area (Å²) in [5.74, 6) is 0. The predicted octanol–water partition coefficient (Wildman–Crippen LogP) is 4.27. The molecule has 0 spiro atoms. The van der Waals surface area contributed by atoms with Crippen LogP contribution in [0.15, 0.2) is 0 Å². The zero-order chi connectivity index (χ0) is 13.7. The molecule has 2 heteroatoms. The van der Waals surface area contributed by atoms with Gasteiger partial charge < -0.3 is 10.4 Å². The van der Waals surface area contributed by atoms with Crippen molar-refractivity contribution < 1.29 is 5.11 Å². The molecule has 0 radical (unpaired) electrons. The molecule has 0 aliphatic carbocycles. The van der Waals surface area contributed by atoms with Gasteiger partial charge in [-0.15, -0.1) is 0 Å². The van der Waals surface area contributed by atoms with Gasteiger partial charge in [-0.1, -0.05) is 65.2 Å². The van der Waals surface area contributed by atoms with Gasteiger partial charge in [0.2, 0.25) is 0 Å². The van der Waals surface area contributed by atoms with Crippen LogP contribution >= 0.6 is 0 Å². The molecule has 110 valence electrons. The van der Waals surface area contributed by atoms with Gasteiger partial charge in [0.25, 0.3) is 0 Å². The van der Waals surface area contributed by atoms with Crippen molar-refractivity contribution in [3.63, 3.8) is 0 Å². The van der Waals surface area contributed by atoms with Crippen LogP contribution in [0, 0.1) is 0 Å². The molecule has 0 rings (SSSR count). The Morgan fingerprint density at radius 2 is 1.39 bits per heavy atom. The third-order valence-corrected chi connectivity index (χ3v) is 3.66. The second-order valence-electron chi connectivity index (χ2n) is 5.83. The Labute approximate surface area is 115 Å². The van der Waals surface area contributed by atoms with E-state index in [4.69, 9.17) is 0 Å². The summed E-state index contributed by atoms with van der Waals surface area (Å²) in [4.78, 5) is 0. The van der Waals surface area contributed by atoms with Crippen molar-refractivity contribution in [1.82, 2.24) is 5.32 Å². The van der Waals surface area contributed by atoms with Crippen molar-refractivity contribution in [1.29, 1.82) is 0 Å². The third-order valence-electron chi connectivity index (χ3n) is 3.66. The van der Waals surface area contributed by atoms with Crippen LogP contribution in [0.5, 0.6) is 0 Å². The molecule has 0 aromatic rings. The second-order valence-corrected chi connectivity index (χ2v) is 5.83. The van der Waals surface area contributed by atoms with Crippen LogP contribution in [0.4, 0.5) is 0 Å². The highest BCUT2D eigenvalue weighted by Crippen LogP contribution is 2.19. The summed E-state index contributed by atoms with van der Waals surface area (Å²) in [6, 6.07) is 0. The molecule has 0 aliphatic heterocycles. The lowest BCUT2D eigenvalue weighted by molar-refractivity contribution is 0.0397. The summed E-state index contributed by atoms with van der Waals surface area (Å²) < 4.78 is 0. The fraction of sp³-hybridized carbons (Fsp3) is 1.00. The molecule has 18 heavy (non-hydrogen) atoms. The van der Waals surface area contributed by atoms with Crippen molar-refractivity contribution >= 4 is 0 Å². The van der Waals surface area contributed by atoms with Crippen molar-refractivity contribution in [3.8, 4) is 0 Å². The average Bonchev–Trinajstić information content (AvgIpc) is 2.33. The van der Waals surface area contributed by atoms with Crippen molar-refractivity contribution in [3.05, 3.63) is 0 Å². The zero-order valence-corrected chi connectivity index (χ0v) is 12.9. The Morgan fingerprint density at radius 3 is 1.94 bits per heavy atom. The summed E-state index contributed by atoms with van der Waals surface area (Å²) in [6.45, 7) is 8.27. The lowest BCUT2D eigenvalue weighted by Crippen LogP contribution is -2.29. The Balaban J connectivity index is 3.30. The normalized spacial score (nSPS) is 14.7. The first-order valence-corrected chi connectivity index (χ1v) is 8.05. The van der Waals surface area contributed by atoms with Gasteiger partial charge in [-0.25, -0.2) is 0 Å². The number of hydrogen-bond donors (Lipinski definition) is 2. The number of rotatable bonds is 13. The smallest absolute Gasteiger partial charge is 0.0631 e. The standard InChI is InChI=1S/C16H35NO/c1-4-6-7-8-9-10-11-12-13-16(3,18)14-15-17-5-2/h17-18H,4-15H2,1-3H3. The van der Waals surface area contributed by atoms with Gasteiger partial charge in [0, 0.05) is 0 Å². The summed E-state index contributed by atoms with van der Waals surface area (Å²) in [5, 5.41) is 13.4. The fourth-order valence-corrected chi connectivity index (χ4v) is 2.30. The Hall–Kier alpha value is -0.0800. The predicted molar refractivity (Wildman–Crippen MR) is 81.0 cm³/mol. The molecule has 0 amide bonds. The van der Waals surface area contributed by atoms with E-state index >= 15 is 0 Å². The lowest BCUT2D eigenvalue weighted by Gasteiger charge is -2.23. The van der Waals surface area contributed by atoms with Gasteiger partial charge in [0.15, 0.2) is 0 Å². The molecule has 0 saturated heterocycles. The van der Waals surface area contributed by atoms with E-state index in [-0.39, 0.29) is 0 Å². The topological polar surface area (TPSA) is 32.3 Å². The van der Waals surface area contributed by atoms with E-state index in [0.29, 0.717) is 0 Å². The molecule has 0 saturated carbocycles. The van der Waals surface area contributed by atoms with Gasteiger partial charge in [-0.05, 0) is 32.9 Å². The van der Waals surface area contributed by atoms with E-state index in [1.54, 1.807) is 0 Å². The fourth-order valence-electron chi connectivity index (χ4n) is 2.30. The van der Waals surface area contributed by atoms with Crippen LogP contribution in [-0.4, -0.2) is 23.8 Å². The van der Waals surface area contributed by atoms with Gasteiger partial charge in [0.1, 0.15) is 0 Å². The highest BCUT2D eigenvalue weighted by Gasteiger charge is 2.18. The maximum atomic E-state index is 10.2. The van der Waals surface area contributed by atoms with E-state index < -0.39 is 5.60 Å². The summed E-state index contributed by atoms with van der Waals surface area (Å²) in [5.41, 5.74) is -0.468. The molecule has 0 bridgehead atoms. The molecule has 0 fully saturated rings. The third kappa shape index (κ3) is 12.4. The molecular weight excluding hydrogens is 222 g/mol. The molecule has 1 unspecified atom stereocenters. The average molecular weight is 257 g/mol.